The number of hydrogen-bond donors (Lipinski definition) is 1. The van der Waals surface area contributed by atoms with Crippen LogP contribution in [0.15, 0.2) is 48.7 Å². The van der Waals surface area contributed by atoms with Crippen LogP contribution in [0.1, 0.15) is 22.1 Å². The molecule has 0 saturated carbocycles. The molecule has 1 saturated heterocycles. The number of halogens is 2. The average Bonchev–Trinajstić information content (AvgIpc) is 2.98. The van der Waals surface area contributed by atoms with Gasteiger partial charge in [-0.1, -0.05) is 41.9 Å². The van der Waals surface area contributed by atoms with Crippen molar-refractivity contribution in [2.24, 2.45) is 0 Å². The molecule has 0 aliphatic carbocycles. The molecule has 2 aromatic heterocycles. The first-order valence-corrected chi connectivity index (χ1v) is 8.42. The molecule has 25 heavy (non-hydrogen) atoms. The summed E-state index contributed by atoms with van der Waals surface area (Å²) in [7, 11) is 0. The van der Waals surface area contributed by atoms with Crippen LogP contribution in [0.25, 0.3) is 5.65 Å². The van der Waals surface area contributed by atoms with Crippen molar-refractivity contribution in [3.05, 3.63) is 70.9 Å². The van der Waals surface area contributed by atoms with E-state index in [0.29, 0.717) is 30.3 Å². The number of rotatable bonds is 2. The van der Waals surface area contributed by atoms with E-state index >= 15 is 0 Å². The number of imidazole rings is 1. The molecule has 1 aliphatic heterocycles. The number of aromatic nitrogens is 2. The van der Waals surface area contributed by atoms with Crippen molar-refractivity contribution in [3.8, 4) is 0 Å². The number of piperazine rings is 1. The van der Waals surface area contributed by atoms with Crippen LogP contribution in [0.5, 0.6) is 0 Å². The van der Waals surface area contributed by atoms with Crippen molar-refractivity contribution in [2.45, 2.75) is 6.04 Å². The SMILES string of the molecule is O=C(c1nc2ccc(Cl)cn2c1F)N1CCN[C@@H](c2ccccc2)C1. The van der Waals surface area contributed by atoms with E-state index in [9.17, 15) is 9.18 Å². The fourth-order valence-electron chi connectivity index (χ4n) is 3.12. The summed E-state index contributed by atoms with van der Waals surface area (Å²) in [5, 5.41) is 3.77. The Morgan fingerprint density at radius 3 is 2.84 bits per heavy atom. The summed E-state index contributed by atoms with van der Waals surface area (Å²) in [5.74, 6) is -1.09. The Morgan fingerprint density at radius 2 is 2.04 bits per heavy atom. The third-order valence-corrected chi connectivity index (χ3v) is 4.61. The van der Waals surface area contributed by atoms with Crippen molar-refractivity contribution in [2.75, 3.05) is 19.6 Å². The summed E-state index contributed by atoms with van der Waals surface area (Å²) >= 11 is 5.90. The quantitative estimate of drug-likeness (QED) is 0.766. The number of amides is 1. The van der Waals surface area contributed by atoms with Gasteiger partial charge in [-0.05, 0) is 17.7 Å². The summed E-state index contributed by atoms with van der Waals surface area (Å²) in [6.45, 7) is 1.62. The van der Waals surface area contributed by atoms with Crippen LogP contribution < -0.4 is 5.32 Å². The molecule has 1 amide bonds. The van der Waals surface area contributed by atoms with Gasteiger partial charge < -0.3 is 10.2 Å². The largest absolute Gasteiger partial charge is 0.334 e. The molecule has 0 spiro atoms. The highest BCUT2D eigenvalue weighted by Gasteiger charge is 2.29. The Bertz CT molecular complexity index is 927. The molecule has 0 radical (unpaired) electrons. The molecule has 1 N–H and O–H groups in total. The second kappa shape index (κ2) is 6.46. The molecule has 4 rings (SSSR count). The molecule has 1 atom stereocenters. The lowest BCUT2D eigenvalue weighted by Crippen LogP contribution is -2.48. The van der Waals surface area contributed by atoms with Gasteiger partial charge in [-0.3, -0.25) is 9.20 Å². The van der Waals surface area contributed by atoms with Crippen LogP contribution in [0.4, 0.5) is 4.39 Å². The van der Waals surface area contributed by atoms with Gasteiger partial charge in [0.15, 0.2) is 5.69 Å². The molecule has 5 nitrogen and oxygen atoms in total. The van der Waals surface area contributed by atoms with Gasteiger partial charge in [0.2, 0.25) is 5.95 Å². The smallest absolute Gasteiger partial charge is 0.277 e. The van der Waals surface area contributed by atoms with E-state index in [1.54, 1.807) is 17.0 Å². The minimum atomic E-state index is -0.683. The predicted molar refractivity (Wildman–Crippen MR) is 93.2 cm³/mol. The molecule has 0 bridgehead atoms. The van der Waals surface area contributed by atoms with E-state index < -0.39 is 11.9 Å². The maximum Gasteiger partial charge on any atom is 0.277 e. The Morgan fingerprint density at radius 1 is 1.24 bits per heavy atom. The van der Waals surface area contributed by atoms with Crippen molar-refractivity contribution >= 4 is 23.2 Å². The van der Waals surface area contributed by atoms with Gasteiger partial charge in [0, 0.05) is 31.9 Å². The summed E-state index contributed by atoms with van der Waals surface area (Å²) in [6.07, 6.45) is 1.42. The third kappa shape index (κ3) is 2.99. The normalized spacial score (nSPS) is 17.8. The van der Waals surface area contributed by atoms with Gasteiger partial charge in [0.05, 0.1) is 5.02 Å². The van der Waals surface area contributed by atoms with Gasteiger partial charge in [0.25, 0.3) is 5.91 Å². The Kier molecular flexibility index (Phi) is 4.15. The number of nitrogens with one attached hydrogen (secondary N) is 1. The Balaban J connectivity index is 1.61. The van der Waals surface area contributed by atoms with E-state index in [0.717, 1.165) is 5.56 Å². The zero-order valence-corrected chi connectivity index (χ0v) is 14.1. The van der Waals surface area contributed by atoms with Crippen LogP contribution in [0.3, 0.4) is 0 Å². The van der Waals surface area contributed by atoms with Gasteiger partial charge in [-0.15, -0.1) is 0 Å². The number of carbonyl (C=O) groups excluding carboxylic acids is 1. The number of fused-ring (bicyclic) bond motifs is 1. The van der Waals surface area contributed by atoms with E-state index in [-0.39, 0.29) is 11.7 Å². The van der Waals surface area contributed by atoms with E-state index in [2.05, 4.69) is 10.3 Å². The summed E-state index contributed by atoms with van der Waals surface area (Å²) in [4.78, 5) is 18.6. The van der Waals surface area contributed by atoms with Gasteiger partial charge in [-0.2, -0.15) is 4.39 Å². The lowest BCUT2D eigenvalue weighted by atomic mass is 10.0. The van der Waals surface area contributed by atoms with E-state index in [1.807, 2.05) is 30.3 Å². The minimum Gasteiger partial charge on any atom is -0.334 e. The van der Waals surface area contributed by atoms with Crippen LogP contribution in [0.2, 0.25) is 5.02 Å². The predicted octanol–water partition coefficient (Wildman–Crippen LogP) is 2.91. The number of hydrogen-bond acceptors (Lipinski definition) is 3. The summed E-state index contributed by atoms with van der Waals surface area (Å²) in [5.41, 5.74) is 1.29. The molecular weight excluding hydrogens is 343 g/mol. The second-order valence-electron chi connectivity index (χ2n) is 6.00. The lowest BCUT2D eigenvalue weighted by Gasteiger charge is -2.33. The van der Waals surface area contributed by atoms with Crippen LogP contribution in [0, 0.1) is 5.95 Å². The van der Waals surface area contributed by atoms with Crippen LogP contribution in [-0.4, -0.2) is 39.8 Å². The Hall–Kier alpha value is -2.44. The van der Waals surface area contributed by atoms with Crippen molar-refractivity contribution in [1.82, 2.24) is 19.6 Å². The molecule has 1 fully saturated rings. The number of carbonyl (C=O) groups is 1. The van der Waals surface area contributed by atoms with Gasteiger partial charge >= 0.3 is 0 Å². The highest BCUT2D eigenvalue weighted by molar-refractivity contribution is 6.30. The minimum absolute atomic E-state index is 0.0217. The fraction of sp³-hybridized carbons (Fsp3) is 0.222. The number of benzene rings is 1. The zero-order valence-electron chi connectivity index (χ0n) is 13.3. The zero-order chi connectivity index (χ0) is 17.4. The maximum absolute atomic E-state index is 14.6. The first-order chi connectivity index (χ1) is 12.1. The summed E-state index contributed by atoms with van der Waals surface area (Å²) in [6, 6.07) is 13.1. The average molecular weight is 359 g/mol. The topological polar surface area (TPSA) is 49.6 Å². The van der Waals surface area contributed by atoms with E-state index in [1.165, 1.54) is 10.6 Å². The third-order valence-electron chi connectivity index (χ3n) is 4.39. The Labute approximate surface area is 149 Å². The maximum atomic E-state index is 14.6. The van der Waals surface area contributed by atoms with Gasteiger partial charge in [0.1, 0.15) is 5.65 Å². The highest BCUT2D eigenvalue weighted by atomic mass is 35.5. The summed E-state index contributed by atoms with van der Waals surface area (Å²) < 4.78 is 15.8. The lowest BCUT2D eigenvalue weighted by molar-refractivity contribution is 0.0692. The van der Waals surface area contributed by atoms with Crippen molar-refractivity contribution < 1.29 is 9.18 Å². The van der Waals surface area contributed by atoms with Crippen molar-refractivity contribution in [3.63, 3.8) is 0 Å². The first-order valence-electron chi connectivity index (χ1n) is 8.04. The molecule has 1 aliphatic rings. The second-order valence-corrected chi connectivity index (χ2v) is 6.43. The standard InChI is InChI=1S/C18H16ClFN4O/c19-13-6-7-15-22-16(17(20)24(15)10-13)18(25)23-9-8-21-14(11-23)12-4-2-1-3-5-12/h1-7,10,14,21H,8-9,11H2/t14-/m1/s1. The van der Waals surface area contributed by atoms with E-state index in [4.69, 9.17) is 11.6 Å². The number of nitrogens with zero attached hydrogens (tertiary/aromatic N) is 3. The molecule has 3 heterocycles. The van der Waals surface area contributed by atoms with Crippen LogP contribution >= 0.6 is 11.6 Å². The molecule has 7 heteroatoms. The van der Waals surface area contributed by atoms with Crippen LogP contribution in [-0.2, 0) is 0 Å². The monoisotopic (exact) mass is 358 g/mol. The molecule has 3 aromatic rings. The highest BCUT2D eigenvalue weighted by Crippen LogP contribution is 2.21. The molecular formula is C18H16ClFN4O. The van der Waals surface area contributed by atoms with Crippen molar-refractivity contribution in [1.29, 1.82) is 0 Å². The van der Waals surface area contributed by atoms with Gasteiger partial charge in [-0.25, -0.2) is 4.98 Å². The fourth-order valence-corrected chi connectivity index (χ4v) is 3.28. The molecule has 128 valence electrons. The number of pyridine rings is 1. The first kappa shape index (κ1) is 16.1. The molecule has 0 unspecified atom stereocenters. The molecule has 1 aromatic carbocycles.